The number of rotatable bonds is 4. The normalized spacial score (nSPS) is 13.2. The van der Waals surface area contributed by atoms with Gasteiger partial charge in [-0.1, -0.05) is 41.5 Å². The van der Waals surface area contributed by atoms with Crippen LogP contribution in [0.25, 0.3) is 0 Å². The average molecular weight is 285 g/mol. The summed E-state index contributed by atoms with van der Waals surface area (Å²) < 4.78 is 5.52. The van der Waals surface area contributed by atoms with E-state index in [1.165, 1.54) is 0 Å². The molecule has 0 fully saturated rings. The Morgan fingerprint density at radius 2 is 1.15 bits per heavy atom. The van der Waals surface area contributed by atoms with E-state index in [9.17, 15) is 4.79 Å². The van der Waals surface area contributed by atoms with Gasteiger partial charge in [0.25, 0.3) is 0 Å². The Balaban J connectivity index is 4.65. The van der Waals surface area contributed by atoms with Gasteiger partial charge >= 0.3 is 6.09 Å². The van der Waals surface area contributed by atoms with Gasteiger partial charge in [-0.3, -0.25) is 0 Å². The molecule has 0 aromatic carbocycles. The summed E-state index contributed by atoms with van der Waals surface area (Å²) in [7, 11) is 0. The maximum absolute atomic E-state index is 12.3. The van der Waals surface area contributed by atoms with E-state index in [1.807, 2.05) is 25.7 Å². The van der Waals surface area contributed by atoms with Crippen LogP contribution in [0.3, 0.4) is 0 Å². The minimum Gasteiger partial charge on any atom is -0.444 e. The molecule has 0 saturated heterocycles. The second-order valence-corrected chi connectivity index (χ2v) is 9.09. The van der Waals surface area contributed by atoms with Crippen molar-refractivity contribution in [1.82, 2.24) is 4.90 Å². The number of carbonyl (C=O) groups excluding carboxylic acids is 1. The van der Waals surface area contributed by atoms with Crippen LogP contribution in [0.5, 0.6) is 0 Å². The van der Waals surface area contributed by atoms with Crippen molar-refractivity contribution < 1.29 is 9.53 Å². The molecule has 0 aromatic heterocycles. The number of ether oxygens (including phenoxy) is 1. The lowest BCUT2D eigenvalue weighted by atomic mass is 9.90. The highest BCUT2D eigenvalue weighted by Gasteiger charge is 2.24. The molecule has 0 N–H and O–H groups in total. The van der Waals surface area contributed by atoms with E-state index in [1.54, 1.807) is 0 Å². The Hall–Kier alpha value is -0.730. The highest BCUT2D eigenvalue weighted by molar-refractivity contribution is 5.68. The van der Waals surface area contributed by atoms with Gasteiger partial charge in [0.2, 0.25) is 0 Å². The van der Waals surface area contributed by atoms with Gasteiger partial charge in [0, 0.05) is 13.1 Å². The van der Waals surface area contributed by atoms with Crippen molar-refractivity contribution in [1.29, 1.82) is 0 Å². The average Bonchev–Trinajstić information content (AvgIpc) is 2.10. The number of hydrogen-bond donors (Lipinski definition) is 0. The van der Waals surface area contributed by atoms with Crippen molar-refractivity contribution in [3.05, 3.63) is 0 Å². The molecule has 3 nitrogen and oxygen atoms in total. The van der Waals surface area contributed by atoms with Crippen LogP contribution in [0, 0.1) is 10.8 Å². The fourth-order valence-corrected chi connectivity index (χ4v) is 1.56. The predicted octanol–water partition coefficient (Wildman–Crippen LogP) is 5.10. The molecule has 0 unspecified atom stereocenters. The van der Waals surface area contributed by atoms with Crippen LogP contribution in [0.1, 0.15) is 75.2 Å². The summed E-state index contributed by atoms with van der Waals surface area (Å²) in [5, 5.41) is 0. The number of amides is 1. The maximum atomic E-state index is 12.3. The minimum absolute atomic E-state index is 0.189. The van der Waals surface area contributed by atoms with Gasteiger partial charge in [0.1, 0.15) is 5.60 Å². The van der Waals surface area contributed by atoms with Crippen molar-refractivity contribution in [2.24, 2.45) is 10.8 Å². The molecule has 3 heteroatoms. The summed E-state index contributed by atoms with van der Waals surface area (Å²) in [6, 6.07) is 0. The summed E-state index contributed by atoms with van der Waals surface area (Å²) in [6.45, 7) is 20.4. The first kappa shape index (κ1) is 19.3. The summed E-state index contributed by atoms with van der Waals surface area (Å²) in [4.78, 5) is 14.2. The van der Waals surface area contributed by atoms with E-state index in [2.05, 4.69) is 41.5 Å². The highest BCUT2D eigenvalue weighted by atomic mass is 16.6. The fourth-order valence-electron chi connectivity index (χ4n) is 1.56. The maximum Gasteiger partial charge on any atom is 0.410 e. The molecule has 0 spiro atoms. The van der Waals surface area contributed by atoms with Gasteiger partial charge in [-0.25, -0.2) is 4.79 Å². The van der Waals surface area contributed by atoms with E-state index in [4.69, 9.17) is 4.74 Å². The van der Waals surface area contributed by atoms with Gasteiger partial charge in [-0.05, 0) is 44.4 Å². The van der Waals surface area contributed by atoms with Crippen molar-refractivity contribution in [2.75, 3.05) is 13.1 Å². The molecule has 0 aliphatic rings. The topological polar surface area (TPSA) is 29.5 Å². The zero-order valence-electron chi connectivity index (χ0n) is 15.1. The Bertz CT molecular complexity index is 284. The third kappa shape index (κ3) is 11.1. The molecule has 0 rings (SSSR count). The summed E-state index contributed by atoms with van der Waals surface area (Å²) in [5.74, 6) is 0. The molecule has 0 radical (unpaired) electrons. The first-order valence-electron chi connectivity index (χ1n) is 7.68. The van der Waals surface area contributed by atoms with Crippen LogP contribution < -0.4 is 0 Å². The van der Waals surface area contributed by atoms with Gasteiger partial charge in [-0.15, -0.1) is 0 Å². The fraction of sp³-hybridized carbons (Fsp3) is 0.941. The van der Waals surface area contributed by atoms with Gasteiger partial charge in [-0.2, -0.15) is 0 Å². The molecule has 0 aromatic rings. The van der Waals surface area contributed by atoms with Crippen molar-refractivity contribution in [2.45, 2.75) is 80.8 Å². The third-order valence-electron chi connectivity index (χ3n) is 2.92. The second kappa shape index (κ2) is 6.82. The molecule has 0 bridgehead atoms. The van der Waals surface area contributed by atoms with Gasteiger partial charge < -0.3 is 9.64 Å². The Kier molecular flexibility index (Phi) is 6.57. The van der Waals surface area contributed by atoms with Crippen LogP contribution in [-0.4, -0.2) is 29.7 Å². The smallest absolute Gasteiger partial charge is 0.410 e. The van der Waals surface area contributed by atoms with Gasteiger partial charge in [0.15, 0.2) is 0 Å². The molecular formula is C17H35NO2. The Morgan fingerprint density at radius 1 is 0.800 bits per heavy atom. The quantitative estimate of drug-likeness (QED) is 0.719. The number of nitrogens with zero attached hydrogens (tertiary/aromatic N) is 1. The summed E-state index contributed by atoms with van der Waals surface area (Å²) in [6.07, 6.45) is 1.78. The lowest BCUT2D eigenvalue weighted by Crippen LogP contribution is -2.39. The van der Waals surface area contributed by atoms with Crippen LogP contribution >= 0.6 is 0 Å². The molecular weight excluding hydrogens is 250 g/mol. The zero-order chi connectivity index (χ0) is 16.2. The molecule has 120 valence electrons. The molecule has 0 atom stereocenters. The molecule has 1 amide bonds. The van der Waals surface area contributed by atoms with Crippen LogP contribution in [0.15, 0.2) is 0 Å². The second-order valence-electron chi connectivity index (χ2n) is 9.09. The van der Waals surface area contributed by atoms with E-state index < -0.39 is 5.60 Å². The number of hydrogen-bond acceptors (Lipinski definition) is 2. The van der Waals surface area contributed by atoms with Crippen LogP contribution in [-0.2, 0) is 4.74 Å². The third-order valence-corrected chi connectivity index (χ3v) is 2.92. The lowest BCUT2D eigenvalue weighted by molar-refractivity contribution is 0.0215. The molecule has 20 heavy (non-hydrogen) atoms. The van der Waals surface area contributed by atoms with Crippen molar-refractivity contribution >= 4 is 6.09 Å². The van der Waals surface area contributed by atoms with Gasteiger partial charge in [0.05, 0.1) is 0 Å². The van der Waals surface area contributed by atoms with E-state index in [0.717, 1.165) is 25.9 Å². The predicted molar refractivity (Wildman–Crippen MR) is 86.0 cm³/mol. The van der Waals surface area contributed by atoms with E-state index in [-0.39, 0.29) is 16.9 Å². The van der Waals surface area contributed by atoms with Crippen LogP contribution in [0.4, 0.5) is 4.79 Å². The van der Waals surface area contributed by atoms with Crippen molar-refractivity contribution in [3.8, 4) is 0 Å². The van der Waals surface area contributed by atoms with E-state index >= 15 is 0 Å². The Labute approximate surface area is 126 Å². The summed E-state index contributed by atoms with van der Waals surface area (Å²) >= 11 is 0. The summed E-state index contributed by atoms with van der Waals surface area (Å²) in [5.41, 5.74) is 0.0167. The largest absolute Gasteiger partial charge is 0.444 e. The van der Waals surface area contributed by atoms with E-state index in [0.29, 0.717) is 0 Å². The first-order valence-corrected chi connectivity index (χ1v) is 7.68. The zero-order valence-corrected chi connectivity index (χ0v) is 15.1. The molecule has 0 aliphatic heterocycles. The molecule has 0 saturated carbocycles. The standard InChI is InChI=1S/C17H35NO2/c1-15(2,3)10-12-18(13-11-16(4,5)6)14(19)20-17(7,8)9/h10-13H2,1-9H3. The minimum atomic E-state index is -0.432. The Morgan fingerprint density at radius 3 is 1.40 bits per heavy atom. The van der Waals surface area contributed by atoms with Crippen LogP contribution in [0.2, 0.25) is 0 Å². The van der Waals surface area contributed by atoms with Crippen molar-refractivity contribution in [3.63, 3.8) is 0 Å². The molecule has 0 aliphatic carbocycles. The first-order chi connectivity index (χ1) is 8.70. The molecule has 0 heterocycles. The monoisotopic (exact) mass is 285 g/mol. The SMILES string of the molecule is CC(C)(C)CCN(CCC(C)(C)C)C(=O)OC(C)(C)C. The number of carbonyl (C=O) groups is 1. The highest BCUT2D eigenvalue weighted by Crippen LogP contribution is 2.23. The lowest BCUT2D eigenvalue weighted by Gasteiger charge is -2.31.